The summed E-state index contributed by atoms with van der Waals surface area (Å²) in [6.07, 6.45) is 2.89. The minimum absolute atomic E-state index is 0.0930. The minimum Gasteiger partial charge on any atom is -0.441 e. The van der Waals surface area contributed by atoms with Crippen LogP contribution in [0.3, 0.4) is 0 Å². The number of thiazole rings is 1. The van der Waals surface area contributed by atoms with Gasteiger partial charge in [0, 0.05) is 43.4 Å². The lowest BCUT2D eigenvalue weighted by molar-refractivity contribution is -0.116. The van der Waals surface area contributed by atoms with E-state index < -0.39 is 0 Å². The zero-order chi connectivity index (χ0) is 21.8. The third-order valence-electron chi connectivity index (χ3n) is 5.13. The summed E-state index contributed by atoms with van der Waals surface area (Å²) < 4.78 is 11.6. The molecule has 2 aromatic heterocycles. The maximum Gasteiger partial charge on any atom is 0.226 e. The zero-order valence-corrected chi connectivity index (χ0v) is 18.9. The van der Waals surface area contributed by atoms with Gasteiger partial charge in [0.1, 0.15) is 0 Å². The first-order valence-corrected chi connectivity index (χ1v) is 11.5. The Morgan fingerprint density at radius 1 is 1.23 bits per heavy atom. The molecule has 1 fully saturated rings. The number of benzene rings is 1. The predicted octanol–water partition coefficient (Wildman–Crippen LogP) is 4.29. The number of carbonyl (C=O) groups is 1. The number of nitrogens with zero attached hydrogens (tertiary/aromatic N) is 3. The number of rotatable bonds is 7. The SMILES string of the molecule is Cc1ccc(-c2cnc(CCC(=O)Nc3nc(CN4CC(C)OC(C)C4)cs3)o2)cc1. The Hall–Kier alpha value is -2.55. The molecule has 1 aliphatic heterocycles. The van der Waals surface area contributed by atoms with Crippen molar-refractivity contribution < 1.29 is 13.9 Å². The molecule has 4 rings (SSSR count). The van der Waals surface area contributed by atoms with E-state index in [0.717, 1.165) is 30.9 Å². The molecule has 1 saturated heterocycles. The van der Waals surface area contributed by atoms with Crippen molar-refractivity contribution >= 4 is 22.4 Å². The van der Waals surface area contributed by atoms with Crippen molar-refractivity contribution in [3.8, 4) is 11.3 Å². The smallest absolute Gasteiger partial charge is 0.226 e. The van der Waals surface area contributed by atoms with Crippen LogP contribution in [0.2, 0.25) is 0 Å². The molecule has 0 bridgehead atoms. The van der Waals surface area contributed by atoms with Gasteiger partial charge in [0.05, 0.1) is 24.1 Å². The largest absolute Gasteiger partial charge is 0.441 e. The van der Waals surface area contributed by atoms with Crippen molar-refractivity contribution in [3.63, 3.8) is 0 Å². The van der Waals surface area contributed by atoms with E-state index in [1.807, 2.05) is 36.6 Å². The number of aromatic nitrogens is 2. The van der Waals surface area contributed by atoms with Gasteiger partial charge in [-0.05, 0) is 20.8 Å². The van der Waals surface area contributed by atoms with Gasteiger partial charge in [0.25, 0.3) is 0 Å². The molecule has 1 amide bonds. The van der Waals surface area contributed by atoms with Crippen LogP contribution < -0.4 is 5.32 Å². The van der Waals surface area contributed by atoms with Crippen LogP contribution in [0.15, 0.2) is 40.3 Å². The monoisotopic (exact) mass is 440 g/mol. The van der Waals surface area contributed by atoms with Crippen molar-refractivity contribution in [2.75, 3.05) is 18.4 Å². The molecule has 8 heteroatoms. The Morgan fingerprint density at radius 3 is 2.71 bits per heavy atom. The predicted molar refractivity (Wildman–Crippen MR) is 121 cm³/mol. The second-order valence-corrected chi connectivity index (χ2v) is 8.99. The zero-order valence-electron chi connectivity index (χ0n) is 18.1. The number of hydrogen-bond acceptors (Lipinski definition) is 7. The van der Waals surface area contributed by atoms with E-state index in [0.29, 0.717) is 29.6 Å². The van der Waals surface area contributed by atoms with Gasteiger partial charge >= 0.3 is 0 Å². The van der Waals surface area contributed by atoms with Crippen LogP contribution in [0, 0.1) is 6.92 Å². The molecule has 1 aromatic carbocycles. The maximum atomic E-state index is 12.3. The van der Waals surface area contributed by atoms with Gasteiger partial charge < -0.3 is 14.5 Å². The Labute approximate surface area is 186 Å². The fourth-order valence-corrected chi connectivity index (χ4v) is 4.48. The molecule has 0 radical (unpaired) electrons. The minimum atomic E-state index is -0.0930. The van der Waals surface area contributed by atoms with E-state index in [4.69, 9.17) is 9.15 Å². The molecule has 3 aromatic rings. The van der Waals surface area contributed by atoms with E-state index in [1.165, 1.54) is 16.9 Å². The van der Waals surface area contributed by atoms with Gasteiger partial charge in [-0.3, -0.25) is 9.69 Å². The van der Waals surface area contributed by atoms with Crippen LogP contribution in [0.25, 0.3) is 11.3 Å². The topological polar surface area (TPSA) is 80.5 Å². The van der Waals surface area contributed by atoms with Gasteiger partial charge in [0.15, 0.2) is 16.8 Å². The highest BCUT2D eigenvalue weighted by Crippen LogP contribution is 2.22. The van der Waals surface area contributed by atoms with Gasteiger partial charge in [0.2, 0.25) is 5.91 Å². The highest BCUT2D eigenvalue weighted by atomic mass is 32.1. The Bertz CT molecular complexity index is 1000. The van der Waals surface area contributed by atoms with E-state index in [1.54, 1.807) is 6.20 Å². The quantitative estimate of drug-likeness (QED) is 0.590. The number of nitrogens with one attached hydrogen (secondary N) is 1. The summed E-state index contributed by atoms with van der Waals surface area (Å²) >= 11 is 1.45. The first kappa shape index (κ1) is 21.7. The van der Waals surface area contributed by atoms with E-state index in [9.17, 15) is 4.79 Å². The number of oxazole rings is 1. The van der Waals surface area contributed by atoms with Crippen molar-refractivity contribution in [2.24, 2.45) is 0 Å². The number of morpholine rings is 1. The highest BCUT2D eigenvalue weighted by molar-refractivity contribution is 7.13. The highest BCUT2D eigenvalue weighted by Gasteiger charge is 2.22. The molecule has 1 aliphatic rings. The molecular weight excluding hydrogens is 412 g/mol. The van der Waals surface area contributed by atoms with E-state index in [2.05, 4.69) is 34.0 Å². The Kier molecular flexibility index (Phi) is 6.80. The molecule has 3 heterocycles. The molecule has 0 aliphatic carbocycles. The number of carbonyl (C=O) groups excluding carboxylic acids is 1. The molecule has 2 atom stereocenters. The average molecular weight is 441 g/mol. The third-order valence-corrected chi connectivity index (χ3v) is 5.94. The maximum absolute atomic E-state index is 12.3. The van der Waals surface area contributed by atoms with Gasteiger partial charge in [-0.2, -0.15) is 0 Å². The lowest BCUT2D eigenvalue weighted by Crippen LogP contribution is -2.44. The first-order valence-electron chi connectivity index (χ1n) is 10.6. The summed E-state index contributed by atoms with van der Waals surface area (Å²) in [6, 6.07) is 8.08. The van der Waals surface area contributed by atoms with Crippen molar-refractivity contribution in [1.82, 2.24) is 14.9 Å². The number of anilines is 1. The fourth-order valence-electron chi connectivity index (χ4n) is 3.76. The Morgan fingerprint density at radius 2 is 1.97 bits per heavy atom. The molecule has 31 heavy (non-hydrogen) atoms. The second kappa shape index (κ2) is 9.72. The third kappa shape index (κ3) is 6.00. The first-order chi connectivity index (χ1) is 14.9. The summed E-state index contributed by atoms with van der Waals surface area (Å²) in [5, 5.41) is 5.52. The van der Waals surface area contributed by atoms with Crippen LogP contribution in [0.1, 0.15) is 37.4 Å². The van der Waals surface area contributed by atoms with Crippen LogP contribution in [-0.2, 0) is 22.5 Å². The summed E-state index contributed by atoms with van der Waals surface area (Å²) in [5.41, 5.74) is 3.14. The van der Waals surface area contributed by atoms with Gasteiger partial charge in [-0.25, -0.2) is 9.97 Å². The summed E-state index contributed by atoms with van der Waals surface area (Å²) in [7, 11) is 0. The standard InChI is InChI=1S/C23H28N4O3S/c1-15-4-6-18(7-5-15)20-10-24-22(30-20)9-8-21(28)26-23-25-19(14-31-23)13-27-11-16(2)29-17(3)12-27/h4-7,10,14,16-17H,8-9,11-13H2,1-3H3,(H,25,26,28). The molecular formula is C23H28N4O3S. The number of aryl methyl sites for hydroxylation is 2. The summed E-state index contributed by atoms with van der Waals surface area (Å²) in [5.74, 6) is 1.18. The number of amides is 1. The van der Waals surface area contributed by atoms with Gasteiger partial charge in [-0.15, -0.1) is 11.3 Å². The summed E-state index contributed by atoms with van der Waals surface area (Å²) in [4.78, 5) is 23.6. The molecule has 1 N–H and O–H groups in total. The van der Waals surface area contributed by atoms with Crippen molar-refractivity contribution in [2.45, 2.75) is 52.4 Å². The van der Waals surface area contributed by atoms with Gasteiger partial charge in [-0.1, -0.05) is 29.8 Å². The fraction of sp³-hybridized carbons (Fsp3) is 0.435. The van der Waals surface area contributed by atoms with Crippen LogP contribution >= 0.6 is 11.3 Å². The molecule has 7 nitrogen and oxygen atoms in total. The van der Waals surface area contributed by atoms with E-state index >= 15 is 0 Å². The molecule has 0 spiro atoms. The number of hydrogen-bond donors (Lipinski definition) is 1. The number of ether oxygens (including phenoxy) is 1. The normalized spacial score (nSPS) is 19.5. The van der Waals surface area contributed by atoms with Crippen molar-refractivity contribution in [3.05, 3.63) is 53.0 Å². The van der Waals surface area contributed by atoms with Crippen LogP contribution in [0.5, 0.6) is 0 Å². The molecule has 0 saturated carbocycles. The molecule has 2 unspecified atom stereocenters. The molecule has 164 valence electrons. The van der Waals surface area contributed by atoms with Crippen molar-refractivity contribution in [1.29, 1.82) is 0 Å². The lowest BCUT2D eigenvalue weighted by Gasteiger charge is -2.34. The van der Waals surface area contributed by atoms with Crippen LogP contribution in [-0.4, -0.2) is 46.1 Å². The average Bonchev–Trinajstić information content (AvgIpc) is 3.36. The van der Waals surface area contributed by atoms with E-state index in [-0.39, 0.29) is 18.1 Å². The Balaban J connectivity index is 1.25. The second-order valence-electron chi connectivity index (χ2n) is 8.13. The van der Waals surface area contributed by atoms with Crippen LogP contribution in [0.4, 0.5) is 5.13 Å². The summed E-state index contributed by atoms with van der Waals surface area (Å²) in [6.45, 7) is 8.78. The lowest BCUT2D eigenvalue weighted by atomic mass is 10.1.